The van der Waals surface area contributed by atoms with E-state index in [1.54, 1.807) is 0 Å². The number of fused-ring (bicyclic) bond motifs is 1. The number of benzene rings is 1. The van der Waals surface area contributed by atoms with Gasteiger partial charge in [0, 0.05) is 30.6 Å². The molecule has 0 spiro atoms. The second kappa shape index (κ2) is 7.42. The van der Waals surface area contributed by atoms with Gasteiger partial charge in [0.15, 0.2) is 0 Å². The SMILES string of the molecule is Cc1cc2cc(CCC(=O)NCCN(C)C)c(=O)[nH]c2cc1C. The molecule has 124 valence electrons. The number of aromatic nitrogens is 1. The van der Waals surface area contributed by atoms with Crippen molar-refractivity contribution in [3.63, 3.8) is 0 Å². The number of aryl methyl sites for hydroxylation is 3. The highest BCUT2D eigenvalue weighted by molar-refractivity contribution is 5.81. The van der Waals surface area contributed by atoms with Gasteiger partial charge in [-0.3, -0.25) is 9.59 Å². The molecule has 1 aromatic heterocycles. The van der Waals surface area contributed by atoms with Crippen LogP contribution in [0.25, 0.3) is 10.9 Å². The van der Waals surface area contributed by atoms with E-state index >= 15 is 0 Å². The Morgan fingerprint density at radius 2 is 1.87 bits per heavy atom. The lowest BCUT2D eigenvalue weighted by Gasteiger charge is -2.10. The van der Waals surface area contributed by atoms with E-state index in [0.717, 1.165) is 23.0 Å². The largest absolute Gasteiger partial charge is 0.355 e. The molecule has 1 heterocycles. The number of likely N-dealkylation sites (N-methyl/N-ethyl adjacent to an activating group) is 1. The highest BCUT2D eigenvalue weighted by atomic mass is 16.1. The Labute approximate surface area is 136 Å². The Morgan fingerprint density at radius 3 is 2.57 bits per heavy atom. The zero-order valence-corrected chi connectivity index (χ0v) is 14.3. The van der Waals surface area contributed by atoms with Crippen molar-refractivity contribution < 1.29 is 4.79 Å². The summed E-state index contributed by atoms with van der Waals surface area (Å²) in [6.45, 7) is 5.51. The molecule has 5 nitrogen and oxygen atoms in total. The molecule has 0 unspecified atom stereocenters. The molecule has 1 aromatic carbocycles. The van der Waals surface area contributed by atoms with Crippen LogP contribution in [-0.2, 0) is 11.2 Å². The first-order valence-electron chi connectivity index (χ1n) is 7.91. The highest BCUT2D eigenvalue weighted by Gasteiger charge is 2.08. The lowest BCUT2D eigenvalue weighted by Crippen LogP contribution is -2.31. The molecule has 0 atom stereocenters. The summed E-state index contributed by atoms with van der Waals surface area (Å²) in [4.78, 5) is 28.9. The molecule has 0 bridgehead atoms. The van der Waals surface area contributed by atoms with E-state index in [2.05, 4.69) is 23.3 Å². The van der Waals surface area contributed by atoms with Gasteiger partial charge in [0.2, 0.25) is 5.91 Å². The van der Waals surface area contributed by atoms with Crippen LogP contribution in [0, 0.1) is 13.8 Å². The molecule has 2 N–H and O–H groups in total. The summed E-state index contributed by atoms with van der Waals surface area (Å²) < 4.78 is 0. The van der Waals surface area contributed by atoms with Crippen LogP contribution >= 0.6 is 0 Å². The zero-order chi connectivity index (χ0) is 17.0. The van der Waals surface area contributed by atoms with Crippen molar-refractivity contribution in [2.45, 2.75) is 26.7 Å². The first kappa shape index (κ1) is 17.2. The molecular weight excluding hydrogens is 290 g/mol. The van der Waals surface area contributed by atoms with Gasteiger partial charge in [0.25, 0.3) is 5.56 Å². The summed E-state index contributed by atoms with van der Waals surface area (Å²) in [7, 11) is 3.93. The molecule has 5 heteroatoms. The van der Waals surface area contributed by atoms with Crippen LogP contribution in [0.3, 0.4) is 0 Å². The predicted molar refractivity (Wildman–Crippen MR) is 93.9 cm³/mol. The third kappa shape index (κ3) is 4.66. The minimum absolute atomic E-state index is 0.0218. The minimum Gasteiger partial charge on any atom is -0.355 e. The number of nitrogens with zero attached hydrogens (tertiary/aromatic N) is 1. The summed E-state index contributed by atoms with van der Waals surface area (Å²) in [5.74, 6) is -0.0218. The Kier molecular flexibility index (Phi) is 5.55. The Balaban J connectivity index is 2.05. The summed E-state index contributed by atoms with van der Waals surface area (Å²) in [5, 5.41) is 3.87. The van der Waals surface area contributed by atoms with E-state index in [9.17, 15) is 9.59 Å². The number of H-pyrrole nitrogens is 1. The van der Waals surface area contributed by atoms with Crippen LogP contribution in [0.2, 0.25) is 0 Å². The van der Waals surface area contributed by atoms with Crippen LogP contribution in [0.15, 0.2) is 23.0 Å². The van der Waals surface area contributed by atoms with E-state index in [4.69, 9.17) is 0 Å². The van der Waals surface area contributed by atoms with Crippen molar-refractivity contribution in [1.82, 2.24) is 15.2 Å². The monoisotopic (exact) mass is 315 g/mol. The first-order valence-corrected chi connectivity index (χ1v) is 7.91. The van der Waals surface area contributed by atoms with Gasteiger partial charge < -0.3 is 15.2 Å². The van der Waals surface area contributed by atoms with Crippen molar-refractivity contribution in [2.24, 2.45) is 0 Å². The normalized spacial score (nSPS) is 11.2. The van der Waals surface area contributed by atoms with E-state index in [1.807, 2.05) is 38.1 Å². The molecule has 0 aliphatic carbocycles. The number of pyridine rings is 1. The molecule has 0 aliphatic heterocycles. The molecule has 0 saturated carbocycles. The number of hydrogen-bond donors (Lipinski definition) is 2. The van der Waals surface area contributed by atoms with Gasteiger partial charge in [-0.1, -0.05) is 0 Å². The van der Waals surface area contributed by atoms with Gasteiger partial charge in [-0.2, -0.15) is 0 Å². The molecule has 0 radical (unpaired) electrons. The molecule has 0 saturated heterocycles. The van der Waals surface area contributed by atoms with Crippen molar-refractivity contribution in [2.75, 3.05) is 27.2 Å². The molecule has 1 amide bonds. The maximum Gasteiger partial charge on any atom is 0.251 e. The molecule has 2 rings (SSSR count). The average molecular weight is 315 g/mol. The topological polar surface area (TPSA) is 65.2 Å². The third-order valence-electron chi connectivity index (χ3n) is 4.04. The van der Waals surface area contributed by atoms with E-state index in [1.165, 1.54) is 5.56 Å². The van der Waals surface area contributed by atoms with Crippen molar-refractivity contribution in [1.29, 1.82) is 0 Å². The van der Waals surface area contributed by atoms with Gasteiger partial charge >= 0.3 is 0 Å². The number of carbonyl (C=O) groups is 1. The quantitative estimate of drug-likeness (QED) is 0.853. The molecule has 0 aliphatic rings. The van der Waals surface area contributed by atoms with Crippen LogP contribution in [0.1, 0.15) is 23.1 Å². The van der Waals surface area contributed by atoms with Crippen LogP contribution in [0.4, 0.5) is 0 Å². The number of nitrogens with one attached hydrogen (secondary N) is 2. The van der Waals surface area contributed by atoms with Gasteiger partial charge in [0.1, 0.15) is 0 Å². The fraction of sp³-hybridized carbons (Fsp3) is 0.444. The zero-order valence-electron chi connectivity index (χ0n) is 14.3. The number of rotatable bonds is 6. The minimum atomic E-state index is -0.109. The second-order valence-corrected chi connectivity index (χ2v) is 6.30. The molecular formula is C18H25N3O2. The summed E-state index contributed by atoms with van der Waals surface area (Å²) in [6.07, 6.45) is 0.777. The fourth-order valence-electron chi connectivity index (χ4n) is 2.46. The van der Waals surface area contributed by atoms with E-state index in [-0.39, 0.29) is 11.5 Å². The molecule has 23 heavy (non-hydrogen) atoms. The lowest BCUT2D eigenvalue weighted by molar-refractivity contribution is -0.121. The van der Waals surface area contributed by atoms with Crippen molar-refractivity contribution >= 4 is 16.8 Å². The fourth-order valence-corrected chi connectivity index (χ4v) is 2.46. The predicted octanol–water partition coefficient (Wildman–Crippen LogP) is 1.76. The summed E-state index contributed by atoms with van der Waals surface area (Å²) >= 11 is 0. The van der Waals surface area contributed by atoms with Crippen molar-refractivity contribution in [3.8, 4) is 0 Å². The Morgan fingerprint density at radius 1 is 1.17 bits per heavy atom. The standard InChI is InChI=1S/C18H25N3O2/c1-12-9-15-11-14(18(23)20-16(15)10-13(12)2)5-6-17(22)19-7-8-21(3)4/h9-11H,5-8H2,1-4H3,(H,19,22)(H,20,23). The van der Waals surface area contributed by atoms with Crippen LogP contribution in [0.5, 0.6) is 0 Å². The van der Waals surface area contributed by atoms with E-state index < -0.39 is 0 Å². The maximum absolute atomic E-state index is 12.2. The third-order valence-corrected chi connectivity index (χ3v) is 4.04. The van der Waals surface area contributed by atoms with Crippen LogP contribution in [-0.4, -0.2) is 43.0 Å². The number of carbonyl (C=O) groups excluding carboxylic acids is 1. The smallest absolute Gasteiger partial charge is 0.251 e. The highest BCUT2D eigenvalue weighted by Crippen LogP contribution is 2.17. The average Bonchev–Trinajstić information content (AvgIpc) is 2.47. The Hall–Kier alpha value is -2.14. The second-order valence-electron chi connectivity index (χ2n) is 6.30. The Bertz CT molecular complexity index is 763. The van der Waals surface area contributed by atoms with Gasteiger partial charge in [-0.15, -0.1) is 0 Å². The summed E-state index contributed by atoms with van der Waals surface area (Å²) in [6, 6.07) is 5.96. The van der Waals surface area contributed by atoms with Crippen molar-refractivity contribution in [3.05, 3.63) is 45.2 Å². The van der Waals surface area contributed by atoms with Gasteiger partial charge in [0.05, 0.1) is 0 Å². The van der Waals surface area contributed by atoms with E-state index in [0.29, 0.717) is 24.9 Å². The maximum atomic E-state index is 12.2. The first-order chi connectivity index (χ1) is 10.9. The molecule has 2 aromatic rings. The molecule has 0 fully saturated rings. The van der Waals surface area contributed by atoms with Gasteiger partial charge in [-0.25, -0.2) is 0 Å². The number of aromatic amines is 1. The van der Waals surface area contributed by atoms with Crippen LogP contribution < -0.4 is 10.9 Å². The lowest BCUT2D eigenvalue weighted by atomic mass is 10.0. The summed E-state index contributed by atoms with van der Waals surface area (Å²) in [5.41, 5.74) is 3.74. The number of hydrogen-bond acceptors (Lipinski definition) is 3. The van der Waals surface area contributed by atoms with Gasteiger partial charge in [-0.05, 0) is 69.1 Å². The number of amides is 1.